The number of carbonyl (C=O) groups is 2. The summed E-state index contributed by atoms with van der Waals surface area (Å²) in [6.07, 6.45) is -4.42. The van der Waals surface area contributed by atoms with E-state index in [4.69, 9.17) is 0 Å². The molecule has 1 atom stereocenters. The second kappa shape index (κ2) is 7.29. The van der Waals surface area contributed by atoms with E-state index in [1.807, 2.05) is 0 Å². The maximum Gasteiger partial charge on any atom is 0.416 e. The van der Waals surface area contributed by atoms with Crippen LogP contribution >= 0.6 is 0 Å². The monoisotopic (exact) mass is 316 g/mol. The summed E-state index contributed by atoms with van der Waals surface area (Å²) in [5.41, 5.74) is -0.421. The average Bonchev–Trinajstić information content (AvgIpc) is 2.41. The summed E-state index contributed by atoms with van der Waals surface area (Å²) in [5.74, 6) is -0.902. The second-order valence-corrected chi connectivity index (χ2v) is 5.34. The second-order valence-electron chi connectivity index (χ2n) is 5.34. The van der Waals surface area contributed by atoms with Crippen molar-refractivity contribution in [2.24, 2.45) is 5.92 Å². The average molecular weight is 316 g/mol. The lowest BCUT2D eigenvalue weighted by molar-refractivity contribution is -0.137. The van der Waals surface area contributed by atoms with Crippen molar-refractivity contribution in [3.05, 3.63) is 35.4 Å². The molecule has 0 saturated heterocycles. The van der Waals surface area contributed by atoms with Crippen LogP contribution in [0.15, 0.2) is 24.3 Å². The van der Waals surface area contributed by atoms with E-state index in [1.165, 1.54) is 19.1 Å². The summed E-state index contributed by atoms with van der Waals surface area (Å²) >= 11 is 0. The number of nitrogens with one attached hydrogen (secondary N) is 2. The van der Waals surface area contributed by atoms with Crippen molar-refractivity contribution in [2.45, 2.75) is 39.5 Å². The van der Waals surface area contributed by atoms with E-state index in [-0.39, 0.29) is 18.4 Å². The number of benzene rings is 1. The molecule has 2 amide bonds. The molecule has 1 aromatic rings. The van der Waals surface area contributed by atoms with Crippen molar-refractivity contribution in [1.82, 2.24) is 10.6 Å². The highest BCUT2D eigenvalue weighted by molar-refractivity contribution is 5.87. The number of amides is 2. The molecule has 4 nitrogen and oxygen atoms in total. The normalized spacial score (nSPS) is 12.9. The molecule has 0 saturated carbocycles. The Kier molecular flexibility index (Phi) is 5.96. The highest BCUT2D eigenvalue weighted by Crippen LogP contribution is 2.29. The summed E-state index contributed by atoms with van der Waals surface area (Å²) in [6.45, 7) is 4.80. The summed E-state index contributed by atoms with van der Waals surface area (Å²) in [7, 11) is 0. The zero-order valence-corrected chi connectivity index (χ0v) is 12.6. The van der Waals surface area contributed by atoms with Gasteiger partial charge >= 0.3 is 6.18 Å². The minimum absolute atomic E-state index is 0.0362. The van der Waals surface area contributed by atoms with Crippen molar-refractivity contribution in [3.8, 4) is 0 Å². The Bertz CT molecular complexity index is 542. The van der Waals surface area contributed by atoms with Crippen molar-refractivity contribution in [2.75, 3.05) is 0 Å². The standard InChI is InChI=1S/C15H19F3N2O2/c1-9(2)13(20-10(3)21)14(22)19-8-11-5-4-6-12(7-11)15(16,17)18/h4-7,9,13H,8H2,1-3H3,(H,19,22)(H,20,21)/t13-/m0/s1. The topological polar surface area (TPSA) is 58.2 Å². The molecule has 22 heavy (non-hydrogen) atoms. The number of hydrogen-bond acceptors (Lipinski definition) is 2. The first-order chi connectivity index (χ1) is 10.1. The number of carbonyl (C=O) groups excluding carboxylic acids is 2. The van der Waals surface area contributed by atoms with Gasteiger partial charge < -0.3 is 10.6 Å². The molecule has 0 aliphatic heterocycles. The number of hydrogen-bond donors (Lipinski definition) is 2. The molecule has 7 heteroatoms. The fraction of sp³-hybridized carbons (Fsp3) is 0.467. The third kappa shape index (κ3) is 5.38. The lowest BCUT2D eigenvalue weighted by Gasteiger charge is -2.21. The molecule has 0 fully saturated rings. The Morgan fingerprint density at radius 3 is 2.36 bits per heavy atom. The Morgan fingerprint density at radius 1 is 1.23 bits per heavy atom. The summed E-state index contributed by atoms with van der Waals surface area (Å²) in [6, 6.07) is 4.03. The van der Waals surface area contributed by atoms with Crippen LogP contribution in [0, 0.1) is 5.92 Å². The van der Waals surface area contributed by atoms with Gasteiger partial charge in [0.1, 0.15) is 6.04 Å². The van der Waals surface area contributed by atoms with Gasteiger partial charge in [0.2, 0.25) is 11.8 Å². The summed E-state index contributed by atoms with van der Waals surface area (Å²) in [4.78, 5) is 23.1. The molecule has 1 aromatic carbocycles. The molecule has 0 radical (unpaired) electrons. The third-order valence-corrected chi connectivity index (χ3v) is 3.03. The molecule has 0 spiro atoms. The van der Waals surface area contributed by atoms with Gasteiger partial charge in [-0.1, -0.05) is 26.0 Å². The van der Waals surface area contributed by atoms with E-state index in [0.29, 0.717) is 5.56 Å². The molecular formula is C15H19F3N2O2. The van der Waals surface area contributed by atoms with E-state index in [9.17, 15) is 22.8 Å². The fourth-order valence-corrected chi connectivity index (χ4v) is 1.91. The van der Waals surface area contributed by atoms with Crippen LogP contribution < -0.4 is 10.6 Å². The van der Waals surface area contributed by atoms with Crippen molar-refractivity contribution < 1.29 is 22.8 Å². The molecule has 0 heterocycles. The van der Waals surface area contributed by atoms with E-state index >= 15 is 0 Å². The molecule has 122 valence electrons. The Labute approximate surface area is 127 Å². The van der Waals surface area contributed by atoms with Gasteiger partial charge in [-0.2, -0.15) is 13.2 Å². The molecular weight excluding hydrogens is 297 g/mol. The summed E-state index contributed by atoms with van der Waals surface area (Å²) < 4.78 is 37.8. The number of alkyl halides is 3. The lowest BCUT2D eigenvalue weighted by Crippen LogP contribution is -2.48. The van der Waals surface area contributed by atoms with Crippen molar-refractivity contribution >= 4 is 11.8 Å². The van der Waals surface area contributed by atoms with Crippen molar-refractivity contribution in [3.63, 3.8) is 0 Å². The van der Waals surface area contributed by atoms with Gasteiger partial charge in [0.05, 0.1) is 5.56 Å². The zero-order chi connectivity index (χ0) is 16.9. The van der Waals surface area contributed by atoms with Crippen LogP contribution in [0.25, 0.3) is 0 Å². The zero-order valence-electron chi connectivity index (χ0n) is 12.6. The van der Waals surface area contributed by atoms with Gasteiger partial charge in [-0.15, -0.1) is 0 Å². The van der Waals surface area contributed by atoms with Gasteiger partial charge in [-0.25, -0.2) is 0 Å². The molecule has 2 N–H and O–H groups in total. The van der Waals surface area contributed by atoms with E-state index in [1.54, 1.807) is 13.8 Å². The highest BCUT2D eigenvalue weighted by Gasteiger charge is 2.30. The predicted octanol–water partition coefficient (Wildman–Crippen LogP) is 2.48. The lowest BCUT2D eigenvalue weighted by atomic mass is 10.0. The van der Waals surface area contributed by atoms with Gasteiger partial charge in [0.25, 0.3) is 0 Å². The number of halogens is 3. The molecule has 0 aliphatic rings. The summed E-state index contributed by atoms with van der Waals surface area (Å²) in [5, 5.41) is 5.06. The minimum Gasteiger partial charge on any atom is -0.350 e. The highest BCUT2D eigenvalue weighted by atomic mass is 19.4. The van der Waals surface area contributed by atoms with Crippen LogP contribution in [-0.2, 0) is 22.3 Å². The van der Waals surface area contributed by atoms with Crippen molar-refractivity contribution in [1.29, 1.82) is 0 Å². The van der Waals surface area contributed by atoms with E-state index in [2.05, 4.69) is 10.6 Å². The predicted molar refractivity (Wildman–Crippen MR) is 75.7 cm³/mol. The molecule has 0 aliphatic carbocycles. The maximum absolute atomic E-state index is 12.6. The van der Waals surface area contributed by atoms with Gasteiger partial charge in [-0.3, -0.25) is 9.59 Å². The molecule has 0 bridgehead atoms. The van der Waals surface area contributed by atoms with E-state index in [0.717, 1.165) is 12.1 Å². The van der Waals surface area contributed by atoms with Crippen LogP contribution in [0.2, 0.25) is 0 Å². The minimum atomic E-state index is -4.42. The first-order valence-electron chi connectivity index (χ1n) is 6.82. The largest absolute Gasteiger partial charge is 0.416 e. The van der Waals surface area contributed by atoms with Crippen LogP contribution in [-0.4, -0.2) is 17.9 Å². The fourth-order valence-electron chi connectivity index (χ4n) is 1.91. The Balaban J connectivity index is 2.72. The van der Waals surface area contributed by atoms with Gasteiger partial charge in [-0.05, 0) is 23.6 Å². The molecule has 0 aromatic heterocycles. The molecule has 1 rings (SSSR count). The van der Waals surface area contributed by atoms with Gasteiger partial charge in [0.15, 0.2) is 0 Å². The van der Waals surface area contributed by atoms with Crippen LogP contribution in [0.4, 0.5) is 13.2 Å². The smallest absolute Gasteiger partial charge is 0.350 e. The third-order valence-electron chi connectivity index (χ3n) is 3.03. The van der Waals surface area contributed by atoms with Gasteiger partial charge in [0, 0.05) is 13.5 Å². The Hall–Kier alpha value is -2.05. The molecule has 0 unspecified atom stereocenters. The van der Waals surface area contributed by atoms with Crippen LogP contribution in [0.5, 0.6) is 0 Å². The maximum atomic E-state index is 12.6. The van der Waals surface area contributed by atoms with E-state index < -0.39 is 23.7 Å². The van der Waals surface area contributed by atoms with Crippen LogP contribution in [0.1, 0.15) is 31.9 Å². The first kappa shape index (κ1) is 18.0. The SMILES string of the molecule is CC(=O)N[C@H](C(=O)NCc1cccc(C(F)(F)F)c1)C(C)C. The van der Waals surface area contributed by atoms with Crippen LogP contribution in [0.3, 0.4) is 0 Å². The first-order valence-corrected chi connectivity index (χ1v) is 6.82. The quantitative estimate of drug-likeness (QED) is 0.877. The number of rotatable bonds is 5. The Morgan fingerprint density at radius 2 is 1.86 bits per heavy atom.